The molecule has 0 bridgehead atoms. The van der Waals surface area contributed by atoms with E-state index in [1.165, 1.54) is 12.1 Å². The van der Waals surface area contributed by atoms with Gasteiger partial charge in [-0.3, -0.25) is 4.79 Å². The van der Waals surface area contributed by atoms with Crippen LogP contribution in [0.15, 0.2) is 30.3 Å². The number of rotatable bonds is 7. The van der Waals surface area contributed by atoms with Gasteiger partial charge in [-0.2, -0.15) is 0 Å². The first-order valence-corrected chi connectivity index (χ1v) is 5.34. The predicted octanol–water partition coefficient (Wildman–Crippen LogP) is 1.01. The number of hydrogen-bond acceptors (Lipinski definition) is 5. The Morgan fingerprint density at radius 1 is 1.32 bits per heavy atom. The number of aliphatic hydroxyl groups excluding tert-OH is 1. The highest BCUT2D eigenvalue weighted by Crippen LogP contribution is 2.15. The lowest BCUT2D eigenvalue weighted by atomic mass is 10.2. The summed E-state index contributed by atoms with van der Waals surface area (Å²) in [7, 11) is 0. The molecule has 0 heterocycles. The summed E-state index contributed by atoms with van der Waals surface area (Å²) < 4.78 is 34.3. The number of hydrogen-bond donors (Lipinski definition) is 1. The molecule has 0 aliphatic rings. The van der Waals surface area contributed by atoms with Crippen molar-refractivity contribution in [2.45, 2.75) is 18.6 Å². The Morgan fingerprint density at radius 3 is 2.42 bits per heavy atom. The highest BCUT2D eigenvalue weighted by molar-refractivity contribution is 5.89. The Hall–Kier alpha value is -2.02. The van der Waals surface area contributed by atoms with Crippen molar-refractivity contribution >= 4 is 12.4 Å². The minimum absolute atomic E-state index is 0.0796. The van der Waals surface area contributed by atoms with E-state index in [1.54, 1.807) is 18.2 Å². The molecule has 7 heteroatoms. The second-order valence-corrected chi connectivity index (χ2v) is 3.52. The molecule has 0 aromatic heterocycles. The van der Waals surface area contributed by atoms with E-state index in [2.05, 4.69) is 9.47 Å². The van der Waals surface area contributed by atoms with Crippen LogP contribution in [0.1, 0.15) is 10.4 Å². The molecule has 1 N–H and O–H groups in total. The van der Waals surface area contributed by atoms with Crippen molar-refractivity contribution in [1.82, 2.24) is 0 Å². The Labute approximate surface area is 107 Å². The summed E-state index contributed by atoms with van der Waals surface area (Å²) in [6.07, 6.45) is -6.72. The van der Waals surface area contributed by atoms with Gasteiger partial charge in [0.25, 0.3) is 12.9 Å². The van der Waals surface area contributed by atoms with Crippen LogP contribution < -0.4 is 0 Å². The fraction of sp³-hybridized carbons (Fsp3) is 0.333. The molecule has 2 atom stereocenters. The third kappa shape index (κ3) is 4.29. The number of esters is 1. The summed E-state index contributed by atoms with van der Waals surface area (Å²) in [4.78, 5) is 21.7. The summed E-state index contributed by atoms with van der Waals surface area (Å²) in [5, 5.41) is 8.85. The van der Waals surface area contributed by atoms with Crippen LogP contribution >= 0.6 is 0 Å². The normalized spacial score (nSPS) is 13.7. The highest BCUT2D eigenvalue weighted by atomic mass is 19.3. The number of aliphatic hydroxyl groups is 1. The summed E-state index contributed by atoms with van der Waals surface area (Å²) in [6, 6.07) is 7.50. The van der Waals surface area contributed by atoms with Gasteiger partial charge >= 0.3 is 5.97 Å². The van der Waals surface area contributed by atoms with Crippen LogP contribution in [-0.4, -0.2) is 42.8 Å². The number of benzene rings is 1. The van der Waals surface area contributed by atoms with E-state index in [0.717, 1.165) is 0 Å². The Kier molecular flexibility index (Phi) is 5.87. The lowest BCUT2D eigenvalue weighted by molar-refractivity contribution is -0.152. The van der Waals surface area contributed by atoms with E-state index in [-0.39, 0.29) is 12.0 Å². The third-order valence-electron chi connectivity index (χ3n) is 2.28. The van der Waals surface area contributed by atoms with E-state index < -0.39 is 31.2 Å². The molecule has 0 fully saturated rings. The topological polar surface area (TPSA) is 72.8 Å². The molecular weight excluding hydrogens is 262 g/mol. The lowest BCUT2D eigenvalue weighted by Crippen LogP contribution is -2.41. The molecule has 0 amide bonds. The second-order valence-electron chi connectivity index (χ2n) is 3.52. The molecule has 1 aromatic carbocycles. The molecule has 1 aromatic rings. The van der Waals surface area contributed by atoms with Crippen molar-refractivity contribution in [3.63, 3.8) is 0 Å². The zero-order chi connectivity index (χ0) is 14.3. The molecule has 1 unspecified atom stereocenters. The van der Waals surface area contributed by atoms with Crippen molar-refractivity contribution in [2.75, 3.05) is 6.61 Å². The van der Waals surface area contributed by atoms with Gasteiger partial charge in [-0.25, -0.2) is 13.6 Å². The molecule has 0 spiro atoms. The lowest BCUT2D eigenvalue weighted by Gasteiger charge is -2.23. The number of halogens is 2. The molecule has 1 rings (SSSR count). The van der Waals surface area contributed by atoms with Gasteiger partial charge in [0.1, 0.15) is 0 Å². The minimum atomic E-state index is -3.09. The molecule has 0 aliphatic carbocycles. The van der Waals surface area contributed by atoms with E-state index in [9.17, 15) is 18.4 Å². The predicted molar refractivity (Wildman–Crippen MR) is 59.7 cm³/mol. The zero-order valence-electron chi connectivity index (χ0n) is 9.74. The van der Waals surface area contributed by atoms with Crippen LogP contribution in [0.5, 0.6) is 0 Å². The number of carbonyl (C=O) groups is 2. The SMILES string of the molecule is O=CO[C@H](CO)C(OC(=O)c1ccccc1)C(F)F. The Balaban J connectivity index is 2.78. The molecule has 0 radical (unpaired) electrons. The highest BCUT2D eigenvalue weighted by Gasteiger charge is 2.34. The van der Waals surface area contributed by atoms with E-state index in [1.807, 2.05) is 0 Å². The molecular formula is C12H12F2O5. The molecule has 5 nitrogen and oxygen atoms in total. The zero-order valence-corrected chi connectivity index (χ0v) is 9.74. The van der Waals surface area contributed by atoms with Crippen molar-refractivity contribution in [1.29, 1.82) is 0 Å². The maximum atomic E-state index is 12.8. The van der Waals surface area contributed by atoms with Crippen molar-refractivity contribution in [3.8, 4) is 0 Å². The van der Waals surface area contributed by atoms with Crippen LogP contribution in [-0.2, 0) is 14.3 Å². The molecule has 0 saturated carbocycles. The van der Waals surface area contributed by atoms with Gasteiger partial charge in [0, 0.05) is 0 Å². The largest absolute Gasteiger partial charge is 0.458 e. The maximum absolute atomic E-state index is 12.8. The molecule has 19 heavy (non-hydrogen) atoms. The third-order valence-corrected chi connectivity index (χ3v) is 2.28. The van der Waals surface area contributed by atoms with Crippen molar-refractivity contribution < 1.29 is 33.0 Å². The average Bonchev–Trinajstić information content (AvgIpc) is 2.43. The van der Waals surface area contributed by atoms with Gasteiger partial charge in [0.2, 0.25) is 6.10 Å². The van der Waals surface area contributed by atoms with Gasteiger partial charge in [-0.15, -0.1) is 0 Å². The van der Waals surface area contributed by atoms with Gasteiger partial charge in [0.15, 0.2) is 6.10 Å². The van der Waals surface area contributed by atoms with Gasteiger partial charge in [-0.1, -0.05) is 18.2 Å². The minimum Gasteiger partial charge on any atom is -0.458 e. The molecule has 0 saturated heterocycles. The second kappa shape index (κ2) is 7.42. The number of alkyl halides is 2. The van der Waals surface area contributed by atoms with Crippen molar-refractivity contribution in [3.05, 3.63) is 35.9 Å². The van der Waals surface area contributed by atoms with Crippen LogP contribution in [0.4, 0.5) is 8.78 Å². The smallest absolute Gasteiger partial charge is 0.338 e. The first kappa shape index (κ1) is 15.0. The molecule has 104 valence electrons. The Bertz CT molecular complexity index is 410. The standard InChI is InChI=1S/C12H12F2O5/c13-11(14)10(9(6-15)18-7-16)19-12(17)8-4-2-1-3-5-8/h1-5,7,9-11,15H,6H2/t9-,10?/m1/s1. The Morgan fingerprint density at radius 2 is 1.95 bits per heavy atom. The summed E-state index contributed by atoms with van der Waals surface area (Å²) in [5.41, 5.74) is 0.0796. The quantitative estimate of drug-likeness (QED) is 0.593. The van der Waals surface area contributed by atoms with Crippen LogP contribution in [0, 0.1) is 0 Å². The van der Waals surface area contributed by atoms with Gasteiger partial charge in [0.05, 0.1) is 12.2 Å². The first-order valence-electron chi connectivity index (χ1n) is 5.34. The van der Waals surface area contributed by atoms with E-state index in [4.69, 9.17) is 5.11 Å². The number of ether oxygens (including phenoxy) is 2. The fourth-order valence-electron chi connectivity index (χ4n) is 1.35. The maximum Gasteiger partial charge on any atom is 0.338 e. The fourth-order valence-corrected chi connectivity index (χ4v) is 1.35. The van der Waals surface area contributed by atoms with E-state index >= 15 is 0 Å². The first-order chi connectivity index (χ1) is 9.10. The summed E-state index contributed by atoms with van der Waals surface area (Å²) in [6.45, 7) is -0.970. The number of carbonyl (C=O) groups excluding carboxylic acids is 2. The summed E-state index contributed by atoms with van der Waals surface area (Å²) >= 11 is 0. The average molecular weight is 274 g/mol. The van der Waals surface area contributed by atoms with Crippen molar-refractivity contribution in [2.24, 2.45) is 0 Å². The monoisotopic (exact) mass is 274 g/mol. The van der Waals surface area contributed by atoms with E-state index in [0.29, 0.717) is 0 Å². The molecule has 0 aliphatic heterocycles. The van der Waals surface area contributed by atoms with Crippen LogP contribution in [0.25, 0.3) is 0 Å². The van der Waals surface area contributed by atoms with Gasteiger partial charge in [-0.05, 0) is 12.1 Å². The van der Waals surface area contributed by atoms with Gasteiger partial charge < -0.3 is 14.6 Å². The van der Waals surface area contributed by atoms with Crippen LogP contribution in [0.2, 0.25) is 0 Å². The van der Waals surface area contributed by atoms with Crippen LogP contribution in [0.3, 0.4) is 0 Å². The summed E-state index contributed by atoms with van der Waals surface area (Å²) in [5.74, 6) is -0.987.